The topological polar surface area (TPSA) is 16.4 Å². The monoisotopic (exact) mass is 795 g/mol. The van der Waals surface area contributed by atoms with Gasteiger partial charge in [0.2, 0.25) is 0 Å². The van der Waals surface area contributed by atoms with Crippen LogP contribution < -0.4 is 4.90 Å². The number of anilines is 3. The van der Waals surface area contributed by atoms with E-state index in [1.54, 1.807) is 0 Å². The van der Waals surface area contributed by atoms with Crippen LogP contribution in [0, 0.1) is 0 Å². The molecule has 9 aromatic carbocycles. The zero-order valence-electron chi connectivity index (χ0n) is 35.4. The van der Waals surface area contributed by atoms with E-state index in [-0.39, 0.29) is 10.8 Å². The molecule has 0 saturated heterocycles. The van der Waals surface area contributed by atoms with Crippen LogP contribution in [0.5, 0.6) is 0 Å². The highest BCUT2D eigenvalue weighted by molar-refractivity contribution is 6.12. The Kier molecular flexibility index (Phi) is 7.96. The van der Waals surface area contributed by atoms with Crippen LogP contribution in [0.4, 0.5) is 17.1 Å². The minimum absolute atomic E-state index is 0.0572. The fraction of sp³-hybridized carbons (Fsp3) is 0.100. The van der Waals surface area contributed by atoms with Gasteiger partial charge in [-0.05, 0) is 121 Å². The van der Waals surface area contributed by atoms with E-state index in [1.165, 1.54) is 66.8 Å². The normalized spacial score (nSPS) is 14.1. The maximum Gasteiger partial charge on any atom is 0.136 e. The average Bonchev–Trinajstić information content (AvgIpc) is 3.90. The Labute approximate surface area is 363 Å². The molecule has 2 aliphatic carbocycles. The van der Waals surface area contributed by atoms with Crippen molar-refractivity contribution in [3.8, 4) is 55.6 Å². The van der Waals surface area contributed by atoms with Gasteiger partial charge in [0.25, 0.3) is 0 Å². The lowest BCUT2D eigenvalue weighted by molar-refractivity contribution is 0.660. The predicted molar refractivity (Wildman–Crippen MR) is 260 cm³/mol. The Morgan fingerprint density at radius 3 is 1.60 bits per heavy atom. The molecule has 2 nitrogen and oxygen atoms in total. The Bertz CT molecular complexity index is 3400. The largest absolute Gasteiger partial charge is 0.456 e. The smallest absolute Gasteiger partial charge is 0.136 e. The van der Waals surface area contributed by atoms with Gasteiger partial charge in [0.05, 0.1) is 5.69 Å². The molecule has 0 spiro atoms. The van der Waals surface area contributed by atoms with E-state index in [9.17, 15) is 0 Å². The predicted octanol–water partition coefficient (Wildman–Crippen LogP) is 16.7. The third kappa shape index (κ3) is 5.36. The van der Waals surface area contributed by atoms with Gasteiger partial charge in [0.1, 0.15) is 11.2 Å². The van der Waals surface area contributed by atoms with Crippen LogP contribution in [0.1, 0.15) is 49.9 Å². The van der Waals surface area contributed by atoms with E-state index in [2.05, 4.69) is 227 Å². The molecule has 0 fully saturated rings. The van der Waals surface area contributed by atoms with Crippen molar-refractivity contribution in [2.24, 2.45) is 0 Å². The summed E-state index contributed by atoms with van der Waals surface area (Å²) in [6, 6.07) is 73.5. The first-order chi connectivity index (χ1) is 30.3. The van der Waals surface area contributed by atoms with Crippen LogP contribution in [-0.4, -0.2) is 0 Å². The summed E-state index contributed by atoms with van der Waals surface area (Å²) in [5.74, 6) is 0. The molecular weight excluding hydrogens is 751 g/mol. The van der Waals surface area contributed by atoms with Crippen LogP contribution in [0.3, 0.4) is 0 Å². The van der Waals surface area contributed by atoms with Gasteiger partial charge in [-0.25, -0.2) is 0 Å². The van der Waals surface area contributed by atoms with Crippen molar-refractivity contribution >= 4 is 39.0 Å². The molecule has 0 atom stereocenters. The first-order valence-electron chi connectivity index (χ1n) is 21.8. The van der Waals surface area contributed by atoms with Gasteiger partial charge >= 0.3 is 0 Å². The van der Waals surface area contributed by atoms with E-state index < -0.39 is 0 Å². The number of fused-ring (bicyclic) bond motifs is 9. The molecule has 1 aromatic heterocycles. The van der Waals surface area contributed by atoms with Crippen molar-refractivity contribution in [1.29, 1.82) is 0 Å². The van der Waals surface area contributed by atoms with Crippen LogP contribution in [0.2, 0.25) is 0 Å². The van der Waals surface area contributed by atoms with Crippen LogP contribution >= 0.6 is 0 Å². The van der Waals surface area contributed by atoms with E-state index >= 15 is 0 Å². The second-order valence-electron chi connectivity index (χ2n) is 18.1. The summed E-state index contributed by atoms with van der Waals surface area (Å²) in [5, 5.41) is 2.28. The fourth-order valence-electron chi connectivity index (χ4n) is 10.9. The van der Waals surface area contributed by atoms with E-state index in [0.29, 0.717) is 0 Å². The molecule has 62 heavy (non-hydrogen) atoms. The van der Waals surface area contributed by atoms with Crippen molar-refractivity contribution < 1.29 is 4.42 Å². The van der Waals surface area contributed by atoms with E-state index in [4.69, 9.17) is 4.42 Å². The second-order valence-corrected chi connectivity index (χ2v) is 18.1. The minimum Gasteiger partial charge on any atom is -0.456 e. The molecular formula is C60H45NO. The molecule has 0 radical (unpaired) electrons. The molecule has 0 N–H and O–H groups in total. The van der Waals surface area contributed by atoms with Crippen LogP contribution in [0.15, 0.2) is 205 Å². The summed E-state index contributed by atoms with van der Waals surface area (Å²) < 4.78 is 6.29. The highest BCUT2D eigenvalue weighted by Crippen LogP contribution is 2.54. The number of benzene rings is 9. The third-order valence-electron chi connectivity index (χ3n) is 13.9. The third-order valence-corrected chi connectivity index (χ3v) is 13.9. The summed E-state index contributed by atoms with van der Waals surface area (Å²) in [6.45, 7) is 9.46. The van der Waals surface area contributed by atoms with Gasteiger partial charge in [0, 0.05) is 38.5 Å². The summed E-state index contributed by atoms with van der Waals surface area (Å²) in [6.07, 6.45) is 0. The Balaban J connectivity index is 1.000. The molecule has 12 rings (SSSR count). The number of hydrogen-bond donors (Lipinski definition) is 0. The second kappa shape index (κ2) is 13.5. The van der Waals surface area contributed by atoms with E-state index in [0.717, 1.165) is 50.1 Å². The lowest BCUT2D eigenvalue weighted by Crippen LogP contribution is -2.17. The number of furan rings is 1. The minimum atomic E-state index is -0.159. The van der Waals surface area contributed by atoms with Crippen molar-refractivity contribution in [1.82, 2.24) is 0 Å². The van der Waals surface area contributed by atoms with E-state index in [1.807, 2.05) is 6.07 Å². The summed E-state index contributed by atoms with van der Waals surface area (Å²) >= 11 is 0. The van der Waals surface area contributed by atoms with Crippen molar-refractivity contribution in [3.63, 3.8) is 0 Å². The van der Waals surface area contributed by atoms with Crippen molar-refractivity contribution in [3.05, 3.63) is 222 Å². The summed E-state index contributed by atoms with van der Waals surface area (Å²) in [7, 11) is 0. The van der Waals surface area contributed by atoms with Gasteiger partial charge in [-0.3, -0.25) is 0 Å². The molecule has 0 aliphatic heterocycles. The molecule has 0 amide bonds. The van der Waals surface area contributed by atoms with Crippen LogP contribution in [-0.2, 0) is 10.8 Å². The van der Waals surface area contributed by atoms with Gasteiger partial charge < -0.3 is 9.32 Å². The highest BCUT2D eigenvalue weighted by atomic mass is 16.3. The first kappa shape index (κ1) is 36.4. The van der Waals surface area contributed by atoms with Crippen LogP contribution in [0.25, 0.3) is 77.6 Å². The zero-order chi connectivity index (χ0) is 41.7. The fourth-order valence-corrected chi connectivity index (χ4v) is 10.9. The lowest BCUT2D eigenvalue weighted by Gasteiger charge is -2.30. The van der Waals surface area contributed by atoms with Gasteiger partial charge in [-0.2, -0.15) is 0 Å². The lowest BCUT2D eigenvalue weighted by atomic mass is 9.78. The van der Waals surface area contributed by atoms with Gasteiger partial charge in [-0.15, -0.1) is 0 Å². The van der Waals surface area contributed by atoms with Crippen molar-refractivity contribution in [2.75, 3.05) is 4.90 Å². The molecule has 1 heterocycles. The molecule has 2 heteroatoms. The van der Waals surface area contributed by atoms with Gasteiger partial charge in [0.15, 0.2) is 0 Å². The molecule has 10 aromatic rings. The molecule has 0 bridgehead atoms. The summed E-state index contributed by atoms with van der Waals surface area (Å²) in [5.41, 5.74) is 23.0. The summed E-state index contributed by atoms with van der Waals surface area (Å²) in [4.78, 5) is 2.44. The number of rotatable bonds is 6. The molecule has 0 saturated carbocycles. The molecule has 296 valence electrons. The molecule has 0 unspecified atom stereocenters. The Hall–Kier alpha value is -7.42. The van der Waals surface area contributed by atoms with Gasteiger partial charge in [-0.1, -0.05) is 179 Å². The quantitative estimate of drug-likeness (QED) is 0.167. The maximum absolute atomic E-state index is 6.29. The van der Waals surface area contributed by atoms with Crippen molar-refractivity contribution in [2.45, 2.75) is 38.5 Å². The number of hydrogen-bond acceptors (Lipinski definition) is 2. The number of nitrogens with zero attached hydrogens (tertiary/aromatic N) is 1. The SMILES string of the molecule is CC1(C)c2ccccc2-c2ccc(-c3ccc(N(c4ccc(-c5cccc6oc7ccccc7c56)cc4)c4ccccc4-c4cccc5c4C(C)(C)c4ccccc4-5)cc3)cc21. The standard InChI is InChI=1S/C60H45NO/c1-59(2)51-22-9-5-15-44(51)46-36-31-40(37-53(46)59)38-27-32-41(33-28-38)61(42-34-29-39(30-35-42)43-19-14-26-56-57(43)50-18-8-12-25-55(50)62-56)54-24-11-7-17-47(54)49-21-13-20-48-45-16-6-10-23-52(45)60(3,4)58(48)49/h5-37H,1-4H3. The number of para-hydroxylation sites is 2. The Morgan fingerprint density at radius 1 is 0.355 bits per heavy atom. The Morgan fingerprint density at radius 2 is 0.855 bits per heavy atom. The highest BCUT2D eigenvalue weighted by Gasteiger charge is 2.38. The maximum atomic E-state index is 6.29. The average molecular weight is 796 g/mol. The molecule has 2 aliphatic rings. The zero-order valence-corrected chi connectivity index (χ0v) is 35.4. The first-order valence-corrected chi connectivity index (χ1v) is 21.8.